The maximum absolute atomic E-state index is 8.90. The van der Waals surface area contributed by atoms with Gasteiger partial charge in [0.15, 0.2) is 0 Å². The smallest absolute Gasteiger partial charge is 0.0606 e. The summed E-state index contributed by atoms with van der Waals surface area (Å²) in [7, 11) is 0. The Morgan fingerprint density at radius 2 is 1.50 bits per heavy atom. The third-order valence-corrected chi connectivity index (χ3v) is 3.08. The van der Waals surface area contributed by atoms with Crippen LogP contribution >= 0.6 is 32.5 Å². The van der Waals surface area contributed by atoms with Crippen molar-refractivity contribution in [1.82, 2.24) is 0 Å². The van der Waals surface area contributed by atoms with Gasteiger partial charge < -0.3 is 15.1 Å². The Labute approximate surface area is 114 Å². The molecule has 16 heavy (non-hydrogen) atoms. The molecule has 2 N–H and O–H groups in total. The van der Waals surface area contributed by atoms with Crippen LogP contribution in [0.4, 0.5) is 5.69 Å². The molecule has 1 aromatic rings. The predicted molar refractivity (Wildman–Crippen MR) is 81.7 cm³/mol. The molecule has 0 heterocycles. The van der Waals surface area contributed by atoms with Crippen molar-refractivity contribution >= 4 is 38.2 Å². The number of rotatable bonds is 6. The van der Waals surface area contributed by atoms with Crippen LogP contribution in [0.3, 0.4) is 0 Å². The normalized spacial score (nSPS) is 9.69. The molecule has 0 saturated carbocycles. The van der Waals surface area contributed by atoms with Gasteiger partial charge in [0, 0.05) is 23.2 Å². The van der Waals surface area contributed by atoms with E-state index >= 15 is 0 Å². The number of hydrogen-bond acceptors (Lipinski definition) is 3. The van der Waals surface area contributed by atoms with Gasteiger partial charge in [0.05, 0.1) is 13.2 Å². The van der Waals surface area contributed by atoms with Crippen LogP contribution in [0.25, 0.3) is 0 Å². The van der Waals surface area contributed by atoms with E-state index in [1.54, 1.807) is 0 Å². The highest BCUT2D eigenvalue weighted by atomic mass is 127. The van der Waals surface area contributed by atoms with E-state index in [0.29, 0.717) is 13.1 Å². The fraction of sp³-hybridized carbons (Fsp3) is 0.455. The van der Waals surface area contributed by atoms with Crippen LogP contribution in [0.5, 0.6) is 0 Å². The van der Waals surface area contributed by atoms with Gasteiger partial charge in [-0.05, 0) is 17.7 Å². The van der Waals surface area contributed by atoms with Crippen molar-refractivity contribution in [2.24, 2.45) is 0 Å². The van der Waals surface area contributed by atoms with Crippen molar-refractivity contribution in [3.05, 3.63) is 29.8 Å². The van der Waals surface area contributed by atoms with E-state index in [4.69, 9.17) is 10.2 Å². The van der Waals surface area contributed by atoms with Crippen molar-refractivity contribution in [3.63, 3.8) is 0 Å². The molecule has 1 unspecified atom stereocenters. The summed E-state index contributed by atoms with van der Waals surface area (Å²) in [6, 6.07) is 8.20. The summed E-state index contributed by atoms with van der Waals surface area (Å²) in [4.78, 5) is 1.97. The lowest BCUT2D eigenvalue weighted by Gasteiger charge is -2.22. The Morgan fingerprint density at radius 3 is 1.88 bits per heavy atom. The topological polar surface area (TPSA) is 43.7 Å². The van der Waals surface area contributed by atoms with Gasteiger partial charge in [0.2, 0.25) is 0 Å². The summed E-state index contributed by atoms with van der Waals surface area (Å²) in [5.74, 6) is 0. The van der Waals surface area contributed by atoms with Gasteiger partial charge in [0.1, 0.15) is 0 Å². The highest BCUT2D eigenvalue weighted by Gasteiger charge is 2.04. The second-order valence-corrected chi connectivity index (χ2v) is 4.00. The third kappa shape index (κ3) is 4.95. The molecule has 1 rings (SSSR count). The molecule has 92 valence electrons. The minimum atomic E-state index is 0. The molecule has 0 aliphatic heterocycles. The maximum atomic E-state index is 8.90. The van der Waals surface area contributed by atoms with Gasteiger partial charge in [-0.1, -0.05) is 34.7 Å². The Hall–Kier alpha value is 0.1000. The second kappa shape index (κ2) is 9.16. The van der Waals surface area contributed by atoms with Gasteiger partial charge in [-0.15, -0.1) is 0 Å². The van der Waals surface area contributed by atoms with Gasteiger partial charge in [0.25, 0.3) is 0 Å². The molecule has 0 spiro atoms. The number of alkyl halides is 1. The Bertz CT molecular complexity index is 276. The van der Waals surface area contributed by atoms with Crippen molar-refractivity contribution in [3.8, 4) is 0 Å². The number of aliphatic hydroxyl groups is 2. The van der Waals surface area contributed by atoms with E-state index < -0.39 is 0 Å². The second-order valence-electron chi connectivity index (χ2n) is 3.23. The zero-order valence-corrected chi connectivity index (χ0v) is 12.8. The summed E-state index contributed by atoms with van der Waals surface area (Å²) >= 11 is 2.32. The van der Waals surface area contributed by atoms with E-state index in [-0.39, 0.29) is 23.1 Å². The standard InChI is InChI=1S/C11H16INO2.H3P/c12-9-10-1-3-11(4-2-10)13(5-7-14)6-8-15;/h1-4,14-15H,5-9H2;1H3. The largest absolute Gasteiger partial charge is 0.395 e. The fourth-order valence-corrected chi connectivity index (χ4v) is 1.92. The van der Waals surface area contributed by atoms with Gasteiger partial charge >= 0.3 is 0 Å². The lowest BCUT2D eigenvalue weighted by molar-refractivity contribution is 0.281. The molecule has 3 nitrogen and oxygen atoms in total. The Kier molecular flexibility index (Phi) is 9.22. The number of anilines is 1. The van der Waals surface area contributed by atoms with Crippen LogP contribution in [0.15, 0.2) is 24.3 Å². The first kappa shape index (κ1) is 16.1. The predicted octanol–water partition coefficient (Wildman–Crippen LogP) is 1.47. The molecular formula is C11H19INO2P. The zero-order valence-electron chi connectivity index (χ0n) is 9.27. The van der Waals surface area contributed by atoms with Gasteiger partial charge in [-0.3, -0.25) is 0 Å². The van der Waals surface area contributed by atoms with E-state index in [0.717, 1.165) is 10.1 Å². The lowest BCUT2D eigenvalue weighted by Crippen LogP contribution is -2.29. The molecule has 0 aliphatic rings. The van der Waals surface area contributed by atoms with Crippen LogP contribution in [0.2, 0.25) is 0 Å². The van der Waals surface area contributed by atoms with Crippen LogP contribution in [-0.4, -0.2) is 36.5 Å². The monoisotopic (exact) mass is 355 g/mol. The van der Waals surface area contributed by atoms with Gasteiger partial charge in [-0.25, -0.2) is 0 Å². The minimum absolute atomic E-state index is 0. The number of benzene rings is 1. The van der Waals surface area contributed by atoms with E-state index in [2.05, 4.69) is 34.7 Å². The van der Waals surface area contributed by atoms with Crippen molar-refractivity contribution in [2.75, 3.05) is 31.2 Å². The summed E-state index contributed by atoms with van der Waals surface area (Å²) < 4.78 is 0.998. The highest BCUT2D eigenvalue weighted by molar-refractivity contribution is 14.1. The first-order chi connectivity index (χ1) is 7.31. The van der Waals surface area contributed by atoms with Crippen LogP contribution in [-0.2, 0) is 4.43 Å². The van der Waals surface area contributed by atoms with Gasteiger partial charge in [-0.2, -0.15) is 9.90 Å². The molecule has 1 aromatic carbocycles. The number of nitrogens with zero attached hydrogens (tertiary/aromatic N) is 1. The Balaban J connectivity index is 0.00000225. The molecule has 0 fully saturated rings. The molecular weight excluding hydrogens is 336 g/mol. The molecule has 0 aliphatic carbocycles. The first-order valence-corrected chi connectivity index (χ1v) is 6.46. The SMILES string of the molecule is OCCN(CCO)c1ccc(CI)cc1.P. The number of hydrogen-bond donors (Lipinski definition) is 2. The average molecular weight is 355 g/mol. The highest BCUT2D eigenvalue weighted by Crippen LogP contribution is 2.16. The minimum Gasteiger partial charge on any atom is -0.395 e. The Morgan fingerprint density at radius 1 is 1.00 bits per heavy atom. The summed E-state index contributed by atoms with van der Waals surface area (Å²) in [6.45, 7) is 1.33. The van der Waals surface area contributed by atoms with Crippen molar-refractivity contribution in [2.45, 2.75) is 4.43 Å². The van der Waals surface area contributed by atoms with E-state index in [9.17, 15) is 0 Å². The van der Waals surface area contributed by atoms with Crippen molar-refractivity contribution < 1.29 is 10.2 Å². The maximum Gasteiger partial charge on any atom is 0.0606 e. The summed E-state index contributed by atoms with van der Waals surface area (Å²) in [5, 5.41) is 17.8. The summed E-state index contributed by atoms with van der Waals surface area (Å²) in [5.41, 5.74) is 2.33. The molecule has 0 radical (unpaired) electrons. The van der Waals surface area contributed by atoms with E-state index in [1.807, 2.05) is 17.0 Å². The molecule has 0 saturated heterocycles. The average Bonchev–Trinajstić information content (AvgIpc) is 2.29. The van der Waals surface area contributed by atoms with Crippen LogP contribution in [0.1, 0.15) is 5.56 Å². The number of aliphatic hydroxyl groups excluding tert-OH is 2. The molecule has 0 bridgehead atoms. The van der Waals surface area contributed by atoms with Crippen LogP contribution in [0, 0.1) is 0 Å². The van der Waals surface area contributed by atoms with E-state index in [1.165, 1.54) is 5.56 Å². The molecule has 5 heteroatoms. The third-order valence-electron chi connectivity index (χ3n) is 2.20. The lowest BCUT2D eigenvalue weighted by atomic mass is 10.2. The van der Waals surface area contributed by atoms with Crippen molar-refractivity contribution in [1.29, 1.82) is 0 Å². The molecule has 0 amide bonds. The van der Waals surface area contributed by atoms with Crippen LogP contribution < -0.4 is 4.90 Å². The quantitative estimate of drug-likeness (QED) is 0.462. The molecule has 1 atom stereocenters. The molecule has 0 aromatic heterocycles. The number of halogens is 1. The fourth-order valence-electron chi connectivity index (χ4n) is 1.41. The zero-order chi connectivity index (χ0) is 11.1. The first-order valence-electron chi connectivity index (χ1n) is 4.93. The summed E-state index contributed by atoms with van der Waals surface area (Å²) in [6.07, 6.45) is 0.